The van der Waals surface area contributed by atoms with Crippen LogP contribution in [0.25, 0.3) is 28.3 Å². The molecule has 2 aromatic carbocycles. The summed E-state index contributed by atoms with van der Waals surface area (Å²) in [7, 11) is 0. The fourth-order valence-electron chi connectivity index (χ4n) is 3.00. The van der Waals surface area contributed by atoms with Gasteiger partial charge in [-0.15, -0.1) is 23.4 Å². The van der Waals surface area contributed by atoms with Gasteiger partial charge in [0.05, 0.1) is 17.3 Å². The van der Waals surface area contributed by atoms with Crippen molar-refractivity contribution in [3.05, 3.63) is 65.7 Å². The van der Waals surface area contributed by atoms with Crippen LogP contribution >= 0.6 is 0 Å². The van der Waals surface area contributed by atoms with Crippen LogP contribution in [0.1, 0.15) is 11.1 Å². The molecule has 0 N–H and O–H groups in total. The first-order valence-corrected chi connectivity index (χ1v) is 8.44. The van der Waals surface area contributed by atoms with Gasteiger partial charge in [0.25, 0.3) is 0 Å². The van der Waals surface area contributed by atoms with Gasteiger partial charge in [-0.2, -0.15) is 14.9 Å². The Labute approximate surface area is 162 Å². The van der Waals surface area contributed by atoms with Gasteiger partial charge in [0.1, 0.15) is 5.75 Å². The summed E-state index contributed by atoms with van der Waals surface area (Å²) in [6.07, 6.45) is -4.75. The van der Waals surface area contributed by atoms with Crippen LogP contribution in [0.2, 0.25) is 0 Å². The molecule has 0 atom stereocenters. The summed E-state index contributed by atoms with van der Waals surface area (Å²) in [5.74, 6) is 0.0986. The third-order valence-electron chi connectivity index (χ3n) is 4.26. The lowest BCUT2D eigenvalue weighted by molar-refractivity contribution is -0.274. The number of rotatable bonds is 3. The number of hydrogen-bond donors (Lipinski definition) is 0. The summed E-state index contributed by atoms with van der Waals surface area (Å²) in [5, 5.41) is 22.1. The standard InChI is InChI=1S/C20H12F3N5O/c1-12-10-14(29-20(21,22)23)6-7-15(12)17-8-9-18-25-26-19(28(18)27-17)16-5-3-2-4-13(16)11-24/h2-10H,1H3. The van der Waals surface area contributed by atoms with E-state index in [-0.39, 0.29) is 5.75 Å². The van der Waals surface area contributed by atoms with Crippen LogP contribution in [0.15, 0.2) is 54.6 Å². The van der Waals surface area contributed by atoms with Crippen LogP contribution in [0.3, 0.4) is 0 Å². The fraction of sp³-hybridized carbons (Fsp3) is 0.100. The summed E-state index contributed by atoms with van der Waals surface area (Å²) < 4.78 is 42.7. The summed E-state index contributed by atoms with van der Waals surface area (Å²) in [4.78, 5) is 0. The minimum absolute atomic E-state index is 0.298. The predicted octanol–water partition coefficient (Wildman–Crippen LogP) is 4.54. The molecule has 0 amide bonds. The monoisotopic (exact) mass is 395 g/mol. The van der Waals surface area contributed by atoms with Gasteiger partial charge in [-0.25, -0.2) is 0 Å². The van der Waals surface area contributed by atoms with E-state index in [4.69, 9.17) is 0 Å². The van der Waals surface area contributed by atoms with E-state index in [1.807, 2.05) is 0 Å². The second-order valence-electron chi connectivity index (χ2n) is 6.19. The lowest BCUT2D eigenvalue weighted by atomic mass is 10.1. The first-order chi connectivity index (χ1) is 13.9. The van der Waals surface area contributed by atoms with Gasteiger partial charge in [0.15, 0.2) is 11.5 Å². The molecule has 0 saturated carbocycles. The molecule has 0 aliphatic heterocycles. The van der Waals surface area contributed by atoms with Crippen molar-refractivity contribution in [2.45, 2.75) is 13.3 Å². The molecule has 2 heterocycles. The largest absolute Gasteiger partial charge is 0.573 e. The third-order valence-corrected chi connectivity index (χ3v) is 4.26. The van der Waals surface area contributed by atoms with Gasteiger partial charge in [0.2, 0.25) is 0 Å². The van der Waals surface area contributed by atoms with Gasteiger partial charge in [-0.1, -0.05) is 12.1 Å². The van der Waals surface area contributed by atoms with Crippen molar-refractivity contribution in [2.75, 3.05) is 0 Å². The van der Waals surface area contributed by atoms with Crippen LogP contribution in [-0.4, -0.2) is 26.2 Å². The Morgan fingerprint density at radius 1 is 1.00 bits per heavy atom. The maximum absolute atomic E-state index is 12.4. The molecule has 29 heavy (non-hydrogen) atoms. The van der Waals surface area contributed by atoms with Gasteiger partial charge in [-0.3, -0.25) is 0 Å². The molecule has 4 rings (SSSR count). The maximum atomic E-state index is 12.4. The van der Waals surface area contributed by atoms with Crippen molar-refractivity contribution >= 4 is 5.65 Å². The maximum Gasteiger partial charge on any atom is 0.573 e. The zero-order valence-corrected chi connectivity index (χ0v) is 15.0. The minimum atomic E-state index is -4.75. The molecule has 0 radical (unpaired) electrons. The zero-order valence-electron chi connectivity index (χ0n) is 15.0. The number of aromatic nitrogens is 4. The van der Waals surface area contributed by atoms with Crippen molar-refractivity contribution in [1.82, 2.24) is 19.8 Å². The zero-order chi connectivity index (χ0) is 20.6. The van der Waals surface area contributed by atoms with Crippen LogP contribution in [0.4, 0.5) is 13.2 Å². The third kappa shape index (κ3) is 3.60. The van der Waals surface area contributed by atoms with Gasteiger partial charge in [0, 0.05) is 11.1 Å². The number of benzene rings is 2. The highest BCUT2D eigenvalue weighted by molar-refractivity contribution is 5.69. The molecule has 2 aromatic heterocycles. The highest BCUT2D eigenvalue weighted by Gasteiger charge is 2.31. The summed E-state index contributed by atoms with van der Waals surface area (Å²) in [6.45, 7) is 1.67. The molecule has 0 unspecified atom stereocenters. The lowest BCUT2D eigenvalue weighted by Gasteiger charge is -2.11. The lowest BCUT2D eigenvalue weighted by Crippen LogP contribution is -2.17. The first kappa shape index (κ1) is 18.4. The highest BCUT2D eigenvalue weighted by Crippen LogP contribution is 2.30. The Morgan fingerprint density at radius 3 is 2.52 bits per heavy atom. The molecule has 4 aromatic rings. The highest BCUT2D eigenvalue weighted by atomic mass is 19.4. The smallest absolute Gasteiger partial charge is 0.406 e. The van der Waals surface area contributed by atoms with Crippen molar-refractivity contribution in [2.24, 2.45) is 0 Å². The van der Waals surface area contributed by atoms with E-state index in [1.165, 1.54) is 22.7 Å². The van der Waals surface area contributed by atoms with Crippen molar-refractivity contribution in [1.29, 1.82) is 5.26 Å². The molecule has 0 aliphatic rings. The summed E-state index contributed by atoms with van der Waals surface area (Å²) in [5.41, 5.74) is 3.20. The second kappa shape index (κ2) is 6.91. The molecule has 0 saturated heterocycles. The van der Waals surface area contributed by atoms with E-state index in [1.54, 1.807) is 43.3 Å². The number of ether oxygens (including phenoxy) is 1. The normalized spacial score (nSPS) is 11.4. The van der Waals surface area contributed by atoms with Gasteiger partial charge < -0.3 is 4.74 Å². The quantitative estimate of drug-likeness (QED) is 0.509. The number of nitriles is 1. The second-order valence-corrected chi connectivity index (χ2v) is 6.19. The van der Waals surface area contributed by atoms with Crippen LogP contribution < -0.4 is 4.74 Å². The van der Waals surface area contributed by atoms with Crippen LogP contribution in [-0.2, 0) is 0 Å². The Balaban J connectivity index is 1.80. The Morgan fingerprint density at radius 2 is 1.79 bits per heavy atom. The molecule has 0 spiro atoms. The molecule has 9 heteroatoms. The van der Waals surface area contributed by atoms with Crippen molar-refractivity contribution < 1.29 is 17.9 Å². The van der Waals surface area contributed by atoms with E-state index < -0.39 is 6.36 Å². The minimum Gasteiger partial charge on any atom is -0.406 e. The topological polar surface area (TPSA) is 76.1 Å². The Hall–Kier alpha value is -3.93. The SMILES string of the molecule is Cc1cc(OC(F)(F)F)ccc1-c1ccc2nnc(-c3ccccc3C#N)n2n1. The predicted molar refractivity (Wildman–Crippen MR) is 97.8 cm³/mol. The van der Waals surface area contributed by atoms with Crippen molar-refractivity contribution in [3.63, 3.8) is 0 Å². The molecule has 144 valence electrons. The van der Waals surface area contributed by atoms with E-state index in [0.29, 0.717) is 39.4 Å². The molecule has 0 bridgehead atoms. The number of halogens is 3. The van der Waals surface area contributed by atoms with Crippen molar-refractivity contribution in [3.8, 4) is 34.5 Å². The Bertz CT molecular complexity index is 1260. The molecule has 0 aliphatic carbocycles. The number of alkyl halides is 3. The van der Waals surface area contributed by atoms with E-state index >= 15 is 0 Å². The summed E-state index contributed by atoms with van der Waals surface area (Å²) in [6, 6.07) is 16.5. The van der Waals surface area contributed by atoms with E-state index in [0.717, 1.165) is 0 Å². The molecule has 0 fully saturated rings. The van der Waals surface area contributed by atoms with Gasteiger partial charge in [-0.05, 0) is 55.0 Å². The Kier molecular flexibility index (Phi) is 4.39. The molecular formula is C20H12F3N5O. The number of nitrogens with zero attached hydrogens (tertiary/aromatic N) is 5. The van der Waals surface area contributed by atoms with Gasteiger partial charge >= 0.3 is 6.36 Å². The average molecular weight is 395 g/mol. The first-order valence-electron chi connectivity index (χ1n) is 8.44. The fourth-order valence-corrected chi connectivity index (χ4v) is 3.00. The van der Waals surface area contributed by atoms with Crippen LogP contribution in [0, 0.1) is 18.3 Å². The summed E-state index contributed by atoms with van der Waals surface area (Å²) >= 11 is 0. The average Bonchev–Trinajstić information content (AvgIpc) is 3.10. The number of aryl methyl sites for hydroxylation is 1. The molecular weight excluding hydrogens is 383 g/mol. The number of fused-ring (bicyclic) bond motifs is 1. The van der Waals surface area contributed by atoms with E-state index in [9.17, 15) is 18.4 Å². The van der Waals surface area contributed by atoms with Crippen LogP contribution in [0.5, 0.6) is 5.75 Å². The van der Waals surface area contributed by atoms with E-state index in [2.05, 4.69) is 26.1 Å². The number of hydrogen-bond acceptors (Lipinski definition) is 5. The molecule has 6 nitrogen and oxygen atoms in total.